The Morgan fingerprint density at radius 3 is 2.83 bits per heavy atom. The lowest BCUT2D eigenvalue weighted by Gasteiger charge is -2.31. The molecule has 0 aromatic heterocycles. The van der Waals surface area contributed by atoms with E-state index in [0.717, 1.165) is 0 Å². The van der Waals surface area contributed by atoms with Crippen molar-refractivity contribution in [1.82, 2.24) is 5.32 Å². The largest absolute Gasteiger partial charge is 0.386 e. The van der Waals surface area contributed by atoms with Crippen LogP contribution in [0.4, 0.5) is 0 Å². The Balaban J connectivity index is 2.46. The lowest BCUT2D eigenvalue weighted by Crippen LogP contribution is -2.52. The Kier molecular flexibility index (Phi) is 3.02. The van der Waals surface area contributed by atoms with Gasteiger partial charge in [0.25, 0.3) is 0 Å². The predicted octanol–water partition coefficient (Wildman–Crippen LogP) is -1.41. The number of carbonyl (C=O) groups is 1. The van der Waals surface area contributed by atoms with E-state index in [1.807, 2.05) is 0 Å². The second kappa shape index (κ2) is 3.84. The van der Waals surface area contributed by atoms with Crippen LogP contribution in [0.2, 0.25) is 0 Å². The van der Waals surface area contributed by atoms with Crippen molar-refractivity contribution < 1.29 is 19.7 Å². The van der Waals surface area contributed by atoms with Gasteiger partial charge in [-0.2, -0.15) is 0 Å². The van der Waals surface area contributed by atoms with Crippen molar-refractivity contribution in [2.24, 2.45) is 0 Å². The fourth-order valence-corrected chi connectivity index (χ4v) is 1.20. The minimum atomic E-state index is -1.18. The summed E-state index contributed by atoms with van der Waals surface area (Å²) in [6.07, 6.45) is -1.68. The van der Waals surface area contributed by atoms with Gasteiger partial charge in [-0.25, -0.2) is 0 Å². The molecule has 0 spiro atoms. The number of aliphatic hydroxyl groups is 2. The highest BCUT2D eigenvalue weighted by molar-refractivity contribution is 5.73. The third-order valence-electron chi connectivity index (χ3n) is 1.81. The van der Waals surface area contributed by atoms with E-state index in [9.17, 15) is 9.90 Å². The van der Waals surface area contributed by atoms with Crippen molar-refractivity contribution in [1.29, 1.82) is 0 Å². The summed E-state index contributed by atoms with van der Waals surface area (Å²) in [6, 6.07) is -0.397. The molecule has 0 saturated carbocycles. The van der Waals surface area contributed by atoms with E-state index in [1.54, 1.807) is 0 Å². The fraction of sp³-hybridized carbons (Fsp3) is 0.857. The molecule has 0 bridgehead atoms. The minimum absolute atomic E-state index is 0.215. The monoisotopic (exact) mass is 175 g/mol. The Morgan fingerprint density at radius 2 is 2.25 bits per heavy atom. The van der Waals surface area contributed by atoms with Crippen LogP contribution in [0, 0.1) is 0 Å². The van der Waals surface area contributed by atoms with Crippen LogP contribution in [-0.4, -0.2) is 41.2 Å². The summed E-state index contributed by atoms with van der Waals surface area (Å²) in [5.41, 5.74) is 0. The molecule has 1 saturated heterocycles. The van der Waals surface area contributed by atoms with Gasteiger partial charge in [0, 0.05) is 6.92 Å². The molecule has 70 valence electrons. The number of nitrogens with one attached hydrogen (secondary N) is 1. The van der Waals surface area contributed by atoms with Crippen LogP contribution in [0.5, 0.6) is 0 Å². The van der Waals surface area contributed by atoms with Gasteiger partial charge >= 0.3 is 0 Å². The number of rotatable bonds is 1. The second-order valence-electron chi connectivity index (χ2n) is 2.85. The standard InChI is InChI=1S/C7H13NO4/c1-4(9)8-5-2-3-12-7(11)6(5)10/h5-7,10-11H,2-3H2,1H3,(H,8,9)/t5-,6+,7-/m1/s1. The van der Waals surface area contributed by atoms with Gasteiger partial charge in [0.2, 0.25) is 5.91 Å². The maximum atomic E-state index is 10.6. The van der Waals surface area contributed by atoms with Gasteiger partial charge in [-0.1, -0.05) is 0 Å². The Labute approximate surface area is 70.3 Å². The fourth-order valence-electron chi connectivity index (χ4n) is 1.20. The Hall–Kier alpha value is -0.650. The maximum Gasteiger partial charge on any atom is 0.217 e. The average molecular weight is 175 g/mol. The molecular weight excluding hydrogens is 162 g/mol. The van der Waals surface area contributed by atoms with Crippen molar-refractivity contribution in [3.05, 3.63) is 0 Å². The quantitative estimate of drug-likeness (QED) is 0.457. The number of ether oxygens (including phenoxy) is 1. The molecule has 0 radical (unpaired) electrons. The number of hydrogen-bond acceptors (Lipinski definition) is 4. The third kappa shape index (κ3) is 2.17. The summed E-state index contributed by atoms with van der Waals surface area (Å²) < 4.78 is 4.76. The van der Waals surface area contributed by atoms with Crippen molar-refractivity contribution in [3.63, 3.8) is 0 Å². The minimum Gasteiger partial charge on any atom is -0.386 e. The van der Waals surface area contributed by atoms with Crippen LogP contribution >= 0.6 is 0 Å². The molecule has 3 atom stereocenters. The Bertz CT molecular complexity index is 173. The topological polar surface area (TPSA) is 78.8 Å². The highest BCUT2D eigenvalue weighted by atomic mass is 16.6. The first-order valence-electron chi connectivity index (χ1n) is 3.86. The number of aliphatic hydroxyl groups excluding tert-OH is 2. The molecule has 1 heterocycles. The molecule has 12 heavy (non-hydrogen) atoms. The SMILES string of the molecule is CC(=O)N[C@@H]1CCO[C@@H](O)[C@H]1O. The van der Waals surface area contributed by atoms with E-state index in [1.165, 1.54) is 6.92 Å². The maximum absolute atomic E-state index is 10.6. The highest BCUT2D eigenvalue weighted by Crippen LogP contribution is 2.12. The summed E-state index contributed by atoms with van der Waals surface area (Å²) in [7, 11) is 0. The number of carbonyl (C=O) groups excluding carboxylic acids is 1. The van der Waals surface area contributed by atoms with Crippen molar-refractivity contribution >= 4 is 5.91 Å². The second-order valence-corrected chi connectivity index (χ2v) is 2.85. The first kappa shape index (κ1) is 9.44. The first-order chi connectivity index (χ1) is 5.61. The van der Waals surface area contributed by atoms with Crippen molar-refractivity contribution in [2.45, 2.75) is 31.8 Å². The van der Waals surface area contributed by atoms with Crippen LogP contribution < -0.4 is 5.32 Å². The summed E-state index contributed by atoms with van der Waals surface area (Å²) in [5.74, 6) is -0.215. The molecule has 0 aromatic rings. The molecule has 3 N–H and O–H groups in total. The summed E-state index contributed by atoms with van der Waals surface area (Å²) >= 11 is 0. The third-order valence-corrected chi connectivity index (χ3v) is 1.81. The van der Waals surface area contributed by atoms with Gasteiger partial charge in [0.15, 0.2) is 6.29 Å². The molecular formula is C7H13NO4. The van der Waals surface area contributed by atoms with Crippen LogP contribution in [-0.2, 0) is 9.53 Å². The van der Waals surface area contributed by atoms with Gasteiger partial charge in [-0.3, -0.25) is 4.79 Å². The van der Waals surface area contributed by atoms with E-state index in [4.69, 9.17) is 9.84 Å². The molecule has 0 aromatic carbocycles. The molecule has 1 aliphatic heterocycles. The molecule has 0 aliphatic carbocycles. The van der Waals surface area contributed by atoms with E-state index >= 15 is 0 Å². The first-order valence-corrected chi connectivity index (χ1v) is 3.86. The molecule has 1 aliphatic rings. The van der Waals surface area contributed by atoms with E-state index in [-0.39, 0.29) is 5.91 Å². The van der Waals surface area contributed by atoms with Gasteiger partial charge in [0.1, 0.15) is 6.10 Å². The van der Waals surface area contributed by atoms with E-state index in [0.29, 0.717) is 13.0 Å². The lowest BCUT2D eigenvalue weighted by atomic mass is 10.1. The van der Waals surface area contributed by atoms with Crippen LogP contribution in [0.1, 0.15) is 13.3 Å². The number of amides is 1. The summed E-state index contributed by atoms with van der Waals surface area (Å²) in [5, 5.41) is 20.9. The van der Waals surface area contributed by atoms with Crippen LogP contribution in [0.3, 0.4) is 0 Å². The smallest absolute Gasteiger partial charge is 0.217 e. The highest BCUT2D eigenvalue weighted by Gasteiger charge is 2.31. The van der Waals surface area contributed by atoms with Crippen molar-refractivity contribution in [2.75, 3.05) is 6.61 Å². The van der Waals surface area contributed by atoms with Crippen LogP contribution in [0.15, 0.2) is 0 Å². The molecule has 1 rings (SSSR count). The lowest BCUT2D eigenvalue weighted by molar-refractivity contribution is -0.195. The normalized spacial score (nSPS) is 36.1. The molecule has 0 unspecified atom stereocenters. The summed E-state index contributed by atoms with van der Waals surface area (Å²) in [6.45, 7) is 1.72. The van der Waals surface area contributed by atoms with E-state index < -0.39 is 18.4 Å². The summed E-state index contributed by atoms with van der Waals surface area (Å²) in [4.78, 5) is 10.6. The van der Waals surface area contributed by atoms with Gasteiger partial charge in [0.05, 0.1) is 12.6 Å². The Morgan fingerprint density at radius 1 is 1.58 bits per heavy atom. The zero-order chi connectivity index (χ0) is 9.14. The zero-order valence-electron chi connectivity index (χ0n) is 6.86. The molecule has 5 nitrogen and oxygen atoms in total. The zero-order valence-corrected chi connectivity index (χ0v) is 6.86. The van der Waals surface area contributed by atoms with Gasteiger partial charge < -0.3 is 20.3 Å². The molecule has 1 fully saturated rings. The average Bonchev–Trinajstić information content (AvgIpc) is 1.98. The molecule has 1 amide bonds. The van der Waals surface area contributed by atoms with Gasteiger partial charge in [-0.05, 0) is 6.42 Å². The molecule has 5 heteroatoms. The number of hydrogen-bond donors (Lipinski definition) is 3. The predicted molar refractivity (Wildman–Crippen MR) is 40.2 cm³/mol. The van der Waals surface area contributed by atoms with E-state index in [2.05, 4.69) is 5.32 Å². The van der Waals surface area contributed by atoms with Crippen molar-refractivity contribution in [3.8, 4) is 0 Å². The van der Waals surface area contributed by atoms with Gasteiger partial charge in [-0.15, -0.1) is 0 Å². The van der Waals surface area contributed by atoms with Crippen LogP contribution in [0.25, 0.3) is 0 Å².